The Morgan fingerprint density at radius 1 is 1.07 bits per heavy atom. The highest BCUT2D eigenvalue weighted by Gasteiger charge is 2.20. The van der Waals surface area contributed by atoms with Crippen LogP contribution in [0, 0.1) is 6.92 Å². The maximum Gasteiger partial charge on any atom is 0.242 e. The largest absolute Gasteiger partial charge is 0.465 e. The molecule has 0 saturated heterocycles. The fourth-order valence-electron chi connectivity index (χ4n) is 2.70. The van der Waals surface area contributed by atoms with Crippen LogP contribution < -0.4 is 10.2 Å². The summed E-state index contributed by atoms with van der Waals surface area (Å²) in [6, 6.07) is 8.46. The van der Waals surface area contributed by atoms with Crippen molar-refractivity contribution in [3.63, 3.8) is 0 Å². The fraction of sp³-hybridized carbons (Fsp3) is 0.421. The second-order valence-corrected chi connectivity index (χ2v) is 9.25. The van der Waals surface area contributed by atoms with Gasteiger partial charge in [0, 0.05) is 28.2 Å². The number of hydrogen-bond donors (Lipinski definition) is 1. The van der Waals surface area contributed by atoms with Crippen LogP contribution in [0.25, 0.3) is 0 Å². The molecule has 0 bridgehead atoms. The number of hydrogen-bond acceptors (Lipinski definition) is 6. The smallest absolute Gasteiger partial charge is 0.242 e. The average molecular weight is 409 g/mol. The van der Waals surface area contributed by atoms with Crippen molar-refractivity contribution in [2.75, 3.05) is 52.0 Å². The highest BCUT2D eigenvalue weighted by atomic mass is 32.2. The molecule has 0 aliphatic rings. The van der Waals surface area contributed by atoms with E-state index in [9.17, 15) is 13.2 Å². The molecule has 0 radical (unpaired) electrons. The number of nitrogens with one attached hydrogen (secondary N) is 1. The molecule has 1 heterocycles. The van der Waals surface area contributed by atoms with Crippen LogP contribution in [0.4, 0.5) is 11.4 Å². The van der Waals surface area contributed by atoms with Gasteiger partial charge in [-0.05, 0) is 44.3 Å². The summed E-state index contributed by atoms with van der Waals surface area (Å²) in [5.74, 6) is 1.36. The Labute approximate surface area is 166 Å². The van der Waals surface area contributed by atoms with Crippen molar-refractivity contribution >= 4 is 27.3 Å². The Bertz CT molecular complexity index is 935. The number of aryl methyl sites for hydroxylation is 1. The number of likely N-dealkylation sites (N-methyl/N-ethyl adjacent to an activating group) is 1. The molecule has 0 aliphatic carbocycles. The summed E-state index contributed by atoms with van der Waals surface area (Å²) in [6.07, 6.45) is 0. The third-order valence-electron chi connectivity index (χ3n) is 4.14. The molecule has 8 nitrogen and oxygen atoms in total. The number of amides is 1. The molecule has 28 heavy (non-hydrogen) atoms. The first-order chi connectivity index (χ1) is 13.0. The Hall–Kier alpha value is -2.36. The van der Waals surface area contributed by atoms with Crippen LogP contribution in [0.2, 0.25) is 0 Å². The predicted octanol–water partition coefficient (Wildman–Crippen LogP) is 1.97. The molecule has 0 spiro atoms. The van der Waals surface area contributed by atoms with Crippen LogP contribution in [-0.4, -0.2) is 65.3 Å². The van der Waals surface area contributed by atoms with E-state index < -0.39 is 10.0 Å². The van der Waals surface area contributed by atoms with Crippen LogP contribution in [0.1, 0.15) is 11.5 Å². The Kier molecular flexibility index (Phi) is 6.87. The van der Waals surface area contributed by atoms with Gasteiger partial charge in [0.05, 0.1) is 29.4 Å². The van der Waals surface area contributed by atoms with Crippen molar-refractivity contribution in [2.45, 2.75) is 18.4 Å². The normalized spacial score (nSPS) is 11.9. The quantitative estimate of drug-likeness (QED) is 0.719. The highest BCUT2D eigenvalue weighted by Crippen LogP contribution is 2.28. The summed E-state index contributed by atoms with van der Waals surface area (Å²) >= 11 is 0. The molecule has 1 aromatic carbocycles. The van der Waals surface area contributed by atoms with E-state index >= 15 is 0 Å². The molecule has 0 saturated carbocycles. The molecular formula is C19H28N4O4S. The van der Waals surface area contributed by atoms with Crippen molar-refractivity contribution in [1.82, 2.24) is 9.21 Å². The number of rotatable bonds is 8. The summed E-state index contributed by atoms with van der Waals surface area (Å²) < 4.78 is 31.5. The minimum atomic E-state index is -3.60. The zero-order valence-electron chi connectivity index (χ0n) is 17.2. The maximum absolute atomic E-state index is 12.5. The monoisotopic (exact) mass is 408 g/mol. The summed E-state index contributed by atoms with van der Waals surface area (Å²) in [4.78, 5) is 16.3. The SMILES string of the molecule is Cc1ccc(CN(C)CC(=O)Nc2cc(S(=O)(=O)N(C)C)ccc2N(C)C)o1. The lowest BCUT2D eigenvalue weighted by atomic mass is 10.2. The number of nitrogens with zero attached hydrogens (tertiary/aromatic N) is 3. The topological polar surface area (TPSA) is 86.1 Å². The number of benzene rings is 1. The van der Waals surface area contributed by atoms with E-state index in [1.54, 1.807) is 6.07 Å². The third kappa shape index (κ3) is 5.34. The molecule has 0 atom stereocenters. The van der Waals surface area contributed by atoms with Gasteiger partial charge in [-0.1, -0.05) is 0 Å². The van der Waals surface area contributed by atoms with Gasteiger partial charge in [-0.25, -0.2) is 12.7 Å². The minimum absolute atomic E-state index is 0.123. The van der Waals surface area contributed by atoms with E-state index in [1.165, 1.54) is 26.2 Å². The zero-order valence-corrected chi connectivity index (χ0v) is 18.0. The van der Waals surface area contributed by atoms with Gasteiger partial charge in [0.15, 0.2) is 0 Å². The lowest BCUT2D eigenvalue weighted by Gasteiger charge is -2.21. The summed E-state index contributed by atoms with van der Waals surface area (Å²) in [5, 5.41) is 2.83. The lowest BCUT2D eigenvalue weighted by molar-refractivity contribution is -0.117. The van der Waals surface area contributed by atoms with E-state index in [2.05, 4.69) is 5.32 Å². The number of furan rings is 1. The zero-order chi connectivity index (χ0) is 21.1. The first-order valence-electron chi connectivity index (χ1n) is 8.78. The van der Waals surface area contributed by atoms with Gasteiger partial charge in [0.1, 0.15) is 11.5 Å². The maximum atomic E-state index is 12.5. The van der Waals surface area contributed by atoms with Gasteiger partial charge in [-0.2, -0.15) is 0 Å². The molecule has 0 aliphatic heterocycles. The molecule has 2 aromatic rings. The molecule has 1 N–H and O–H groups in total. The third-order valence-corrected chi connectivity index (χ3v) is 5.95. The number of anilines is 2. The molecule has 154 valence electrons. The fourth-order valence-corrected chi connectivity index (χ4v) is 3.63. The van der Waals surface area contributed by atoms with Crippen molar-refractivity contribution in [3.8, 4) is 0 Å². The van der Waals surface area contributed by atoms with Crippen LogP contribution in [0.5, 0.6) is 0 Å². The standard InChI is InChI=1S/C19H28N4O4S/c1-14-7-8-15(27-14)12-23(6)13-19(24)20-17-11-16(28(25,26)22(4)5)9-10-18(17)21(2)3/h7-11H,12-13H2,1-6H3,(H,20,24). The van der Waals surface area contributed by atoms with Gasteiger partial charge in [0.25, 0.3) is 0 Å². The average Bonchev–Trinajstić information content (AvgIpc) is 2.98. The second-order valence-electron chi connectivity index (χ2n) is 7.09. The van der Waals surface area contributed by atoms with Crippen molar-refractivity contribution in [1.29, 1.82) is 0 Å². The first-order valence-corrected chi connectivity index (χ1v) is 10.2. The van der Waals surface area contributed by atoms with E-state index in [1.807, 2.05) is 50.0 Å². The van der Waals surface area contributed by atoms with Crippen LogP contribution >= 0.6 is 0 Å². The second kappa shape index (κ2) is 8.76. The molecule has 0 fully saturated rings. The number of carbonyl (C=O) groups excluding carboxylic acids is 1. The lowest BCUT2D eigenvalue weighted by Crippen LogP contribution is -2.30. The van der Waals surface area contributed by atoms with Crippen molar-refractivity contribution in [2.24, 2.45) is 0 Å². The molecule has 1 aromatic heterocycles. The van der Waals surface area contributed by atoms with E-state index in [0.29, 0.717) is 12.2 Å². The van der Waals surface area contributed by atoms with E-state index in [-0.39, 0.29) is 17.3 Å². The predicted molar refractivity (Wildman–Crippen MR) is 110 cm³/mol. The first kappa shape index (κ1) is 21.9. The van der Waals surface area contributed by atoms with E-state index in [0.717, 1.165) is 21.5 Å². The minimum Gasteiger partial charge on any atom is -0.465 e. The summed E-state index contributed by atoms with van der Waals surface area (Å²) in [7, 11) is 4.82. The van der Waals surface area contributed by atoms with Crippen LogP contribution in [0.3, 0.4) is 0 Å². The Morgan fingerprint density at radius 2 is 1.75 bits per heavy atom. The van der Waals surface area contributed by atoms with Crippen molar-refractivity contribution in [3.05, 3.63) is 41.9 Å². The summed E-state index contributed by atoms with van der Waals surface area (Å²) in [6.45, 7) is 2.50. The molecule has 1 amide bonds. The number of sulfonamides is 1. The van der Waals surface area contributed by atoms with Gasteiger partial charge in [-0.15, -0.1) is 0 Å². The van der Waals surface area contributed by atoms with Gasteiger partial charge < -0.3 is 14.6 Å². The molecule has 9 heteroatoms. The van der Waals surface area contributed by atoms with Crippen LogP contribution in [-0.2, 0) is 21.4 Å². The Morgan fingerprint density at radius 3 is 2.29 bits per heavy atom. The van der Waals surface area contributed by atoms with Crippen molar-refractivity contribution < 1.29 is 17.6 Å². The number of carbonyl (C=O) groups is 1. The highest BCUT2D eigenvalue weighted by molar-refractivity contribution is 7.89. The van der Waals surface area contributed by atoms with Gasteiger partial charge in [-0.3, -0.25) is 9.69 Å². The molecular weight excluding hydrogens is 380 g/mol. The van der Waals surface area contributed by atoms with Crippen LogP contribution in [0.15, 0.2) is 39.6 Å². The van der Waals surface area contributed by atoms with E-state index in [4.69, 9.17) is 4.42 Å². The van der Waals surface area contributed by atoms with Gasteiger partial charge >= 0.3 is 0 Å². The molecule has 2 rings (SSSR count). The summed E-state index contributed by atoms with van der Waals surface area (Å²) in [5.41, 5.74) is 1.16. The molecule has 0 unspecified atom stereocenters. The Balaban J connectivity index is 2.17. The van der Waals surface area contributed by atoms with Gasteiger partial charge in [0.2, 0.25) is 15.9 Å².